The second kappa shape index (κ2) is 5.77. The Kier molecular flexibility index (Phi) is 5.37. The summed E-state index contributed by atoms with van der Waals surface area (Å²) in [6.07, 6.45) is 4.32. The van der Waals surface area contributed by atoms with Gasteiger partial charge >= 0.3 is 5.97 Å². The fraction of sp³-hybridized carbons (Fsp3) is 0.667. The Morgan fingerprint density at radius 2 is 2.17 bits per heavy atom. The molecule has 0 aliphatic heterocycles. The maximum atomic E-state index is 10.1. The van der Waals surface area contributed by atoms with Crippen LogP contribution in [0.5, 0.6) is 0 Å². The number of carbonyl (C=O) groups is 1. The maximum Gasteiger partial charge on any atom is 0.307 e. The van der Waals surface area contributed by atoms with Gasteiger partial charge in [-0.05, 0) is 12.3 Å². The largest absolute Gasteiger partial charge is 0.481 e. The van der Waals surface area contributed by atoms with Crippen molar-refractivity contribution in [1.82, 2.24) is 0 Å². The van der Waals surface area contributed by atoms with E-state index in [0.29, 0.717) is 5.92 Å². The van der Waals surface area contributed by atoms with Gasteiger partial charge in [-0.15, -0.1) is 0 Å². The Morgan fingerprint density at radius 1 is 1.58 bits per heavy atom. The molecule has 0 saturated heterocycles. The fourth-order valence-electron chi connectivity index (χ4n) is 0.967. The Morgan fingerprint density at radius 3 is 2.58 bits per heavy atom. The standard InChI is InChI=1S/C9H17NO2/c1-7(2)6-8(10)4-3-5-9(11)12/h3-4,7-8H,5-6,10H2,1-2H3,(H,11,12)/b4-3+/t8-/m1/s1. The molecule has 12 heavy (non-hydrogen) atoms. The lowest BCUT2D eigenvalue weighted by Gasteiger charge is -2.08. The van der Waals surface area contributed by atoms with E-state index in [1.165, 1.54) is 0 Å². The molecule has 0 heterocycles. The number of carboxylic acids is 1. The smallest absolute Gasteiger partial charge is 0.307 e. The van der Waals surface area contributed by atoms with Gasteiger partial charge in [0.25, 0.3) is 0 Å². The van der Waals surface area contributed by atoms with Crippen molar-refractivity contribution in [3.63, 3.8) is 0 Å². The number of carboxylic acid groups (broad SMARTS) is 1. The predicted molar refractivity (Wildman–Crippen MR) is 48.8 cm³/mol. The first-order valence-electron chi connectivity index (χ1n) is 4.16. The Labute approximate surface area is 73.3 Å². The summed E-state index contributed by atoms with van der Waals surface area (Å²) in [7, 11) is 0. The van der Waals surface area contributed by atoms with Crippen molar-refractivity contribution in [2.24, 2.45) is 11.7 Å². The molecule has 70 valence electrons. The highest BCUT2D eigenvalue weighted by Gasteiger charge is 2.00. The summed E-state index contributed by atoms with van der Waals surface area (Å²) in [6, 6.07) is -0.00986. The molecule has 3 N–H and O–H groups in total. The molecule has 0 saturated carbocycles. The van der Waals surface area contributed by atoms with Gasteiger partial charge in [-0.3, -0.25) is 4.79 Å². The van der Waals surface area contributed by atoms with Crippen molar-refractivity contribution in [3.8, 4) is 0 Å². The molecule has 0 amide bonds. The monoisotopic (exact) mass is 171 g/mol. The van der Waals surface area contributed by atoms with E-state index in [-0.39, 0.29) is 12.5 Å². The summed E-state index contributed by atoms with van der Waals surface area (Å²) in [5.74, 6) is -0.266. The number of hydrogen-bond donors (Lipinski definition) is 2. The molecule has 0 aliphatic carbocycles. The molecule has 0 radical (unpaired) electrons. The van der Waals surface area contributed by atoms with E-state index < -0.39 is 5.97 Å². The Balaban J connectivity index is 3.60. The van der Waals surface area contributed by atoms with Gasteiger partial charge in [0.15, 0.2) is 0 Å². The molecule has 0 bridgehead atoms. The minimum absolute atomic E-state index is 0.00986. The van der Waals surface area contributed by atoms with Crippen molar-refractivity contribution in [1.29, 1.82) is 0 Å². The number of rotatable bonds is 5. The van der Waals surface area contributed by atoms with Crippen molar-refractivity contribution >= 4 is 5.97 Å². The third-order valence-electron chi connectivity index (χ3n) is 1.42. The van der Waals surface area contributed by atoms with E-state index >= 15 is 0 Å². The van der Waals surface area contributed by atoms with Crippen LogP contribution in [-0.4, -0.2) is 17.1 Å². The molecule has 0 aromatic heterocycles. The van der Waals surface area contributed by atoms with Gasteiger partial charge in [0, 0.05) is 6.04 Å². The molecule has 0 aliphatic rings. The van der Waals surface area contributed by atoms with Crippen LogP contribution in [0, 0.1) is 5.92 Å². The van der Waals surface area contributed by atoms with Crippen LogP contribution in [0.2, 0.25) is 0 Å². The summed E-state index contributed by atoms with van der Waals surface area (Å²) < 4.78 is 0. The third-order valence-corrected chi connectivity index (χ3v) is 1.42. The minimum Gasteiger partial charge on any atom is -0.481 e. The van der Waals surface area contributed by atoms with Gasteiger partial charge in [0.05, 0.1) is 6.42 Å². The lowest BCUT2D eigenvalue weighted by atomic mass is 10.0. The molecular weight excluding hydrogens is 154 g/mol. The van der Waals surface area contributed by atoms with Gasteiger partial charge in [-0.1, -0.05) is 26.0 Å². The van der Waals surface area contributed by atoms with E-state index in [2.05, 4.69) is 13.8 Å². The molecule has 0 fully saturated rings. The summed E-state index contributed by atoms with van der Waals surface area (Å²) in [6.45, 7) is 4.18. The van der Waals surface area contributed by atoms with Crippen molar-refractivity contribution in [2.45, 2.75) is 32.7 Å². The maximum absolute atomic E-state index is 10.1. The normalized spacial score (nSPS) is 14.0. The summed E-state index contributed by atoms with van der Waals surface area (Å²) in [4.78, 5) is 10.1. The van der Waals surface area contributed by atoms with Crippen LogP contribution in [0.15, 0.2) is 12.2 Å². The Hall–Kier alpha value is -0.830. The second-order valence-electron chi connectivity index (χ2n) is 3.32. The van der Waals surface area contributed by atoms with E-state index in [1.54, 1.807) is 12.2 Å². The Bertz CT molecular complexity index is 164. The zero-order valence-electron chi connectivity index (χ0n) is 7.66. The van der Waals surface area contributed by atoms with Crippen LogP contribution in [0.1, 0.15) is 26.7 Å². The first-order chi connectivity index (χ1) is 5.52. The van der Waals surface area contributed by atoms with Crippen LogP contribution >= 0.6 is 0 Å². The van der Waals surface area contributed by atoms with Gasteiger partial charge in [0.1, 0.15) is 0 Å². The van der Waals surface area contributed by atoms with Gasteiger partial charge < -0.3 is 10.8 Å². The molecule has 1 atom stereocenters. The first-order valence-corrected chi connectivity index (χ1v) is 4.16. The highest BCUT2D eigenvalue weighted by Crippen LogP contribution is 2.03. The number of nitrogens with two attached hydrogens (primary N) is 1. The fourth-order valence-corrected chi connectivity index (χ4v) is 0.967. The number of aliphatic carboxylic acids is 1. The summed E-state index contributed by atoms with van der Waals surface area (Å²) in [5, 5.41) is 8.32. The first kappa shape index (κ1) is 11.2. The van der Waals surface area contributed by atoms with E-state index in [4.69, 9.17) is 10.8 Å². The quantitative estimate of drug-likeness (QED) is 0.614. The average Bonchev–Trinajstić information content (AvgIpc) is 1.84. The van der Waals surface area contributed by atoms with E-state index in [1.807, 2.05) is 0 Å². The zero-order valence-corrected chi connectivity index (χ0v) is 7.66. The van der Waals surface area contributed by atoms with Gasteiger partial charge in [0.2, 0.25) is 0 Å². The third kappa shape index (κ3) is 7.28. The lowest BCUT2D eigenvalue weighted by molar-refractivity contribution is -0.136. The van der Waals surface area contributed by atoms with Crippen LogP contribution in [0.25, 0.3) is 0 Å². The van der Waals surface area contributed by atoms with Crippen molar-refractivity contribution in [2.75, 3.05) is 0 Å². The topological polar surface area (TPSA) is 63.3 Å². The molecule has 0 aromatic rings. The van der Waals surface area contributed by atoms with Crippen LogP contribution in [-0.2, 0) is 4.79 Å². The summed E-state index contributed by atoms with van der Waals surface area (Å²) >= 11 is 0. The van der Waals surface area contributed by atoms with Crippen LogP contribution < -0.4 is 5.73 Å². The SMILES string of the molecule is CC(C)C[C@H](N)/C=C/CC(=O)O. The van der Waals surface area contributed by atoms with Gasteiger partial charge in [-0.25, -0.2) is 0 Å². The summed E-state index contributed by atoms with van der Waals surface area (Å²) in [5.41, 5.74) is 5.68. The molecule has 0 spiro atoms. The highest BCUT2D eigenvalue weighted by molar-refractivity contribution is 5.68. The zero-order chi connectivity index (χ0) is 9.56. The van der Waals surface area contributed by atoms with E-state index in [0.717, 1.165) is 6.42 Å². The molecule has 0 aromatic carbocycles. The molecule has 0 rings (SSSR count). The van der Waals surface area contributed by atoms with Crippen molar-refractivity contribution in [3.05, 3.63) is 12.2 Å². The van der Waals surface area contributed by atoms with Crippen LogP contribution in [0.3, 0.4) is 0 Å². The number of hydrogen-bond acceptors (Lipinski definition) is 2. The molecule has 3 heteroatoms. The van der Waals surface area contributed by atoms with E-state index in [9.17, 15) is 4.79 Å². The lowest BCUT2D eigenvalue weighted by Crippen LogP contribution is -2.19. The van der Waals surface area contributed by atoms with Crippen LogP contribution in [0.4, 0.5) is 0 Å². The predicted octanol–water partition coefficient (Wildman–Crippen LogP) is 1.39. The molecular formula is C9H17NO2. The molecule has 0 unspecified atom stereocenters. The van der Waals surface area contributed by atoms with Gasteiger partial charge in [-0.2, -0.15) is 0 Å². The van der Waals surface area contributed by atoms with Crippen molar-refractivity contribution < 1.29 is 9.90 Å². The minimum atomic E-state index is -0.817. The highest BCUT2D eigenvalue weighted by atomic mass is 16.4. The molecule has 3 nitrogen and oxygen atoms in total. The second-order valence-corrected chi connectivity index (χ2v) is 3.32. The average molecular weight is 171 g/mol.